The van der Waals surface area contributed by atoms with Gasteiger partial charge in [-0.25, -0.2) is 4.98 Å². The number of hydrogen-bond acceptors (Lipinski definition) is 4. The van der Waals surface area contributed by atoms with Crippen LogP contribution in [0.2, 0.25) is 0 Å². The van der Waals surface area contributed by atoms with Gasteiger partial charge in [-0.1, -0.05) is 18.9 Å². The molecule has 1 fully saturated rings. The summed E-state index contributed by atoms with van der Waals surface area (Å²) in [6.45, 7) is 2.10. The fourth-order valence-electron chi connectivity index (χ4n) is 3.30. The van der Waals surface area contributed by atoms with Gasteiger partial charge in [0.25, 0.3) is 11.5 Å². The average Bonchev–Trinajstić information content (AvgIpc) is 2.94. The largest absolute Gasteiger partial charge is 0.388 e. The zero-order valence-corrected chi connectivity index (χ0v) is 13.5. The van der Waals surface area contributed by atoms with Crippen LogP contribution in [0.1, 0.15) is 41.6 Å². The molecule has 1 saturated carbocycles. The molecule has 2 aromatic heterocycles. The van der Waals surface area contributed by atoms with Crippen molar-refractivity contribution >= 4 is 11.6 Å². The van der Waals surface area contributed by atoms with Crippen LogP contribution in [0.3, 0.4) is 0 Å². The standard InChI is InChI=1S/C17H21N3O3/c1-12-6-5-9-20-14(12)18-10-13(16(20)22)15(21)19(2)11-17(23)7-3-4-8-17/h5-6,9-10,23H,3-4,7-8,11H2,1-2H3. The first kappa shape index (κ1) is 15.7. The Balaban J connectivity index is 1.92. The monoisotopic (exact) mass is 315 g/mol. The Morgan fingerprint density at radius 1 is 1.43 bits per heavy atom. The maximum Gasteiger partial charge on any atom is 0.270 e. The molecule has 6 nitrogen and oxygen atoms in total. The highest BCUT2D eigenvalue weighted by atomic mass is 16.3. The molecule has 0 aromatic carbocycles. The van der Waals surface area contributed by atoms with Crippen molar-refractivity contribution < 1.29 is 9.90 Å². The van der Waals surface area contributed by atoms with Gasteiger partial charge in [0.2, 0.25) is 0 Å². The van der Waals surface area contributed by atoms with Crippen molar-refractivity contribution in [1.82, 2.24) is 14.3 Å². The van der Waals surface area contributed by atoms with Gasteiger partial charge in [0.05, 0.1) is 5.60 Å². The van der Waals surface area contributed by atoms with Crippen LogP contribution in [0.4, 0.5) is 0 Å². The van der Waals surface area contributed by atoms with Gasteiger partial charge in [-0.2, -0.15) is 0 Å². The van der Waals surface area contributed by atoms with E-state index < -0.39 is 11.5 Å². The first-order chi connectivity index (χ1) is 10.9. The van der Waals surface area contributed by atoms with E-state index in [1.54, 1.807) is 19.3 Å². The topological polar surface area (TPSA) is 74.9 Å². The molecule has 1 aliphatic rings. The summed E-state index contributed by atoms with van der Waals surface area (Å²) in [5.74, 6) is -0.404. The van der Waals surface area contributed by atoms with Gasteiger partial charge in [-0.15, -0.1) is 0 Å². The van der Waals surface area contributed by atoms with E-state index in [4.69, 9.17) is 0 Å². The van der Waals surface area contributed by atoms with Gasteiger partial charge < -0.3 is 10.0 Å². The summed E-state index contributed by atoms with van der Waals surface area (Å²) in [5.41, 5.74) is 0.232. The number of aryl methyl sites for hydroxylation is 1. The van der Waals surface area contributed by atoms with Gasteiger partial charge in [0.1, 0.15) is 11.2 Å². The molecule has 0 spiro atoms. The summed E-state index contributed by atoms with van der Waals surface area (Å²) in [5, 5.41) is 10.4. The minimum Gasteiger partial charge on any atom is -0.388 e. The first-order valence-corrected chi connectivity index (χ1v) is 7.86. The maximum atomic E-state index is 12.6. The Morgan fingerprint density at radius 3 is 2.83 bits per heavy atom. The molecule has 1 N–H and O–H groups in total. The molecule has 6 heteroatoms. The van der Waals surface area contributed by atoms with Crippen molar-refractivity contribution in [2.45, 2.75) is 38.2 Å². The molecule has 0 bridgehead atoms. The van der Waals surface area contributed by atoms with E-state index in [0.29, 0.717) is 18.5 Å². The highest BCUT2D eigenvalue weighted by molar-refractivity contribution is 5.93. The number of aromatic nitrogens is 2. The van der Waals surface area contributed by atoms with E-state index in [9.17, 15) is 14.7 Å². The molecule has 3 rings (SSSR count). The summed E-state index contributed by atoms with van der Waals surface area (Å²) in [4.78, 5) is 30.8. The van der Waals surface area contributed by atoms with E-state index >= 15 is 0 Å². The van der Waals surface area contributed by atoms with Gasteiger partial charge >= 0.3 is 0 Å². The number of nitrogens with zero attached hydrogens (tertiary/aromatic N) is 3. The lowest BCUT2D eigenvalue weighted by Gasteiger charge is -2.28. The van der Waals surface area contributed by atoms with Crippen molar-refractivity contribution in [2.75, 3.05) is 13.6 Å². The molecule has 0 unspecified atom stereocenters. The predicted molar refractivity (Wildman–Crippen MR) is 86.6 cm³/mol. The quantitative estimate of drug-likeness (QED) is 0.928. The zero-order valence-electron chi connectivity index (χ0n) is 13.5. The van der Waals surface area contributed by atoms with Gasteiger partial charge in [0.15, 0.2) is 0 Å². The van der Waals surface area contributed by atoms with Crippen molar-refractivity contribution in [3.05, 3.63) is 46.0 Å². The fourth-order valence-corrected chi connectivity index (χ4v) is 3.30. The van der Waals surface area contributed by atoms with Crippen LogP contribution < -0.4 is 5.56 Å². The minimum absolute atomic E-state index is 0.0252. The third kappa shape index (κ3) is 2.86. The van der Waals surface area contributed by atoms with Crippen LogP contribution in [0.25, 0.3) is 5.65 Å². The number of carbonyl (C=O) groups excluding carboxylic acids is 1. The molecule has 1 amide bonds. The third-order valence-electron chi connectivity index (χ3n) is 4.57. The molecule has 0 aliphatic heterocycles. The van der Waals surface area contributed by atoms with Gasteiger partial charge in [-0.3, -0.25) is 14.0 Å². The smallest absolute Gasteiger partial charge is 0.270 e. The number of likely N-dealkylation sites (N-methyl/N-ethyl adjacent to an activating group) is 1. The average molecular weight is 315 g/mol. The van der Waals surface area contributed by atoms with Gasteiger partial charge in [0, 0.05) is 26.0 Å². The lowest BCUT2D eigenvalue weighted by Crippen LogP contribution is -2.43. The van der Waals surface area contributed by atoms with Crippen LogP contribution >= 0.6 is 0 Å². The highest BCUT2D eigenvalue weighted by Gasteiger charge is 2.34. The molecule has 0 saturated heterocycles. The number of hydrogen-bond donors (Lipinski definition) is 1. The molecule has 2 aromatic rings. The van der Waals surface area contributed by atoms with Gasteiger partial charge in [-0.05, 0) is 31.4 Å². The number of carbonyl (C=O) groups is 1. The molecular formula is C17H21N3O3. The second-order valence-corrected chi connectivity index (χ2v) is 6.45. The summed E-state index contributed by atoms with van der Waals surface area (Å²) >= 11 is 0. The molecule has 2 heterocycles. The summed E-state index contributed by atoms with van der Waals surface area (Å²) in [6, 6.07) is 3.62. The van der Waals surface area contributed by atoms with E-state index in [1.807, 2.05) is 13.0 Å². The maximum absolute atomic E-state index is 12.6. The second-order valence-electron chi connectivity index (χ2n) is 6.45. The normalized spacial score (nSPS) is 16.7. The Bertz CT molecular complexity index is 806. The Morgan fingerprint density at radius 2 is 2.13 bits per heavy atom. The number of aliphatic hydroxyl groups is 1. The van der Waals surface area contributed by atoms with Crippen LogP contribution in [0.15, 0.2) is 29.3 Å². The Kier molecular flexibility index (Phi) is 3.93. The zero-order chi connectivity index (χ0) is 16.6. The van der Waals surface area contributed by atoms with Crippen LogP contribution in [0, 0.1) is 6.92 Å². The van der Waals surface area contributed by atoms with E-state index in [2.05, 4.69) is 4.98 Å². The summed E-state index contributed by atoms with van der Waals surface area (Å²) in [6.07, 6.45) is 6.27. The van der Waals surface area contributed by atoms with Crippen molar-refractivity contribution in [3.63, 3.8) is 0 Å². The van der Waals surface area contributed by atoms with E-state index in [0.717, 1.165) is 18.4 Å². The molecular weight excluding hydrogens is 294 g/mol. The van der Waals surface area contributed by atoms with Crippen LogP contribution in [0.5, 0.6) is 0 Å². The van der Waals surface area contributed by atoms with E-state index in [-0.39, 0.29) is 17.7 Å². The minimum atomic E-state index is -0.832. The number of amides is 1. The lowest BCUT2D eigenvalue weighted by atomic mass is 10.0. The lowest BCUT2D eigenvalue weighted by molar-refractivity contribution is 0.0156. The fraction of sp³-hybridized carbons (Fsp3) is 0.471. The number of fused-ring (bicyclic) bond motifs is 1. The molecule has 1 aliphatic carbocycles. The Labute approximate surface area is 134 Å². The summed E-state index contributed by atoms with van der Waals surface area (Å²) < 4.78 is 1.39. The molecule has 0 radical (unpaired) electrons. The molecule has 23 heavy (non-hydrogen) atoms. The Hall–Kier alpha value is -2.21. The van der Waals surface area contributed by atoms with Crippen LogP contribution in [-0.2, 0) is 0 Å². The SMILES string of the molecule is Cc1cccn2c(=O)c(C(=O)N(C)CC3(O)CCCC3)cnc12. The van der Waals surface area contributed by atoms with Crippen molar-refractivity contribution in [1.29, 1.82) is 0 Å². The third-order valence-corrected chi connectivity index (χ3v) is 4.57. The predicted octanol–water partition coefficient (Wildman–Crippen LogP) is 1.38. The highest BCUT2D eigenvalue weighted by Crippen LogP contribution is 2.30. The van der Waals surface area contributed by atoms with Crippen LogP contribution in [-0.4, -0.2) is 44.5 Å². The molecule has 122 valence electrons. The van der Waals surface area contributed by atoms with Crippen molar-refractivity contribution in [3.8, 4) is 0 Å². The molecule has 0 atom stereocenters. The van der Waals surface area contributed by atoms with Crippen molar-refractivity contribution in [2.24, 2.45) is 0 Å². The number of pyridine rings is 1. The number of rotatable bonds is 3. The summed E-state index contributed by atoms with van der Waals surface area (Å²) in [7, 11) is 1.61. The second kappa shape index (κ2) is 5.77. The van der Waals surface area contributed by atoms with E-state index in [1.165, 1.54) is 15.5 Å². The first-order valence-electron chi connectivity index (χ1n) is 7.86.